The molecule has 1 heterocycles. The number of carbonyl (C=O) groups excluding carboxylic acids is 1. The van der Waals surface area contributed by atoms with E-state index in [1.807, 2.05) is 35.2 Å². The Hall–Kier alpha value is -2.40. The van der Waals surface area contributed by atoms with Crippen LogP contribution in [0, 0.1) is 5.82 Å². The Balaban J connectivity index is 1.43. The van der Waals surface area contributed by atoms with Gasteiger partial charge in [-0.15, -0.1) is 0 Å². The lowest BCUT2D eigenvalue weighted by atomic mass is 10.1. The molecular weight excluding hydrogens is 331 g/mol. The number of rotatable bonds is 6. The molecule has 2 aromatic rings. The second-order valence-corrected chi connectivity index (χ2v) is 6.60. The lowest BCUT2D eigenvalue weighted by molar-refractivity contribution is 0.0636. The molecule has 1 aliphatic rings. The summed E-state index contributed by atoms with van der Waals surface area (Å²) in [6.45, 7) is 4.26. The fraction of sp³-hybridized carbons (Fsp3) is 0.381. The number of piperazine rings is 1. The lowest BCUT2D eigenvalue weighted by Crippen LogP contribution is -2.48. The first-order chi connectivity index (χ1) is 12.7. The highest BCUT2D eigenvalue weighted by Gasteiger charge is 2.22. The molecule has 0 saturated carbocycles. The zero-order valence-electron chi connectivity index (χ0n) is 15.2. The fourth-order valence-corrected chi connectivity index (χ4v) is 3.27. The highest BCUT2D eigenvalue weighted by Crippen LogP contribution is 2.16. The number of hydrogen-bond donors (Lipinski definition) is 0. The SMILES string of the molecule is COc1cccc(C(=O)N2CCN(CCCc3ccc(F)cc3)CC2)c1. The van der Waals surface area contributed by atoms with Gasteiger partial charge in [-0.05, 0) is 55.3 Å². The van der Waals surface area contributed by atoms with E-state index in [0.717, 1.165) is 45.6 Å². The Bertz CT molecular complexity index is 725. The van der Waals surface area contributed by atoms with E-state index in [0.29, 0.717) is 11.3 Å². The fourth-order valence-electron chi connectivity index (χ4n) is 3.27. The van der Waals surface area contributed by atoms with Gasteiger partial charge < -0.3 is 9.64 Å². The molecular formula is C21H25FN2O2. The maximum Gasteiger partial charge on any atom is 0.254 e. The number of hydrogen-bond acceptors (Lipinski definition) is 3. The van der Waals surface area contributed by atoms with Crippen LogP contribution in [-0.4, -0.2) is 55.5 Å². The molecule has 2 aromatic carbocycles. The minimum absolute atomic E-state index is 0.0647. The Labute approximate surface area is 154 Å². The number of halogens is 1. The maximum absolute atomic E-state index is 12.9. The third-order valence-corrected chi connectivity index (χ3v) is 4.83. The van der Waals surface area contributed by atoms with Gasteiger partial charge in [-0.3, -0.25) is 9.69 Å². The molecule has 0 N–H and O–H groups in total. The second-order valence-electron chi connectivity index (χ2n) is 6.60. The van der Waals surface area contributed by atoms with E-state index >= 15 is 0 Å². The zero-order chi connectivity index (χ0) is 18.4. The number of methoxy groups -OCH3 is 1. The Morgan fingerprint density at radius 2 is 1.81 bits per heavy atom. The van der Waals surface area contributed by atoms with Crippen LogP contribution >= 0.6 is 0 Å². The summed E-state index contributed by atoms with van der Waals surface area (Å²) in [5, 5.41) is 0. The smallest absolute Gasteiger partial charge is 0.254 e. The first kappa shape index (κ1) is 18.4. The van der Waals surface area contributed by atoms with Gasteiger partial charge in [0.05, 0.1) is 7.11 Å². The number of carbonyl (C=O) groups is 1. The molecule has 0 aliphatic carbocycles. The van der Waals surface area contributed by atoms with E-state index < -0.39 is 0 Å². The molecule has 26 heavy (non-hydrogen) atoms. The van der Waals surface area contributed by atoms with Crippen molar-refractivity contribution in [2.45, 2.75) is 12.8 Å². The molecule has 4 nitrogen and oxygen atoms in total. The van der Waals surface area contributed by atoms with Crippen LogP contribution in [0.1, 0.15) is 22.3 Å². The highest BCUT2D eigenvalue weighted by atomic mass is 19.1. The van der Waals surface area contributed by atoms with Crippen molar-refractivity contribution in [3.8, 4) is 5.75 Å². The third kappa shape index (κ3) is 4.82. The molecule has 0 atom stereocenters. The van der Waals surface area contributed by atoms with Crippen LogP contribution in [0.4, 0.5) is 4.39 Å². The molecule has 0 bridgehead atoms. The predicted molar refractivity (Wildman–Crippen MR) is 100 cm³/mol. The van der Waals surface area contributed by atoms with Crippen molar-refractivity contribution < 1.29 is 13.9 Å². The molecule has 138 valence electrons. The minimum Gasteiger partial charge on any atom is -0.497 e. The van der Waals surface area contributed by atoms with Crippen LogP contribution in [0.25, 0.3) is 0 Å². The molecule has 0 spiro atoms. The van der Waals surface area contributed by atoms with Crippen molar-refractivity contribution in [2.75, 3.05) is 39.8 Å². The van der Waals surface area contributed by atoms with E-state index in [-0.39, 0.29) is 11.7 Å². The molecule has 5 heteroatoms. The summed E-state index contributed by atoms with van der Waals surface area (Å²) in [5.74, 6) is 0.579. The van der Waals surface area contributed by atoms with Gasteiger partial charge in [0, 0.05) is 31.7 Å². The van der Waals surface area contributed by atoms with Gasteiger partial charge >= 0.3 is 0 Å². The van der Waals surface area contributed by atoms with Gasteiger partial charge in [-0.1, -0.05) is 18.2 Å². The number of amides is 1. The minimum atomic E-state index is -0.189. The molecule has 1 saturated heterocycles. The first-order valence-electron chi connectivity index (χ1n) is 9.06. The van der Waals surface area contributed by atoms with Crippen LogP contribution in [-0.2, 0) is 6.42 Å². The van der Waals surface area contributed by atoms with E-state index in [9.17, 15) is 9.18 Å². The van der Waals surface area contributed by atoms with E-state index in [4.69, 9.17) is 4.74 Å². The van der Waals surface area contributed by atoms with Crippen LogP contribution in [0.15, 0.2) is 48.5 Å². The van der Waals surface area contributed by atoms with Gasteiger partial charge in [-0.2, -0.15) is 0 Å². The van der Waals surface area contributed by atoms with E-state index in [1.54, 1.807) is 13.2 Å². The maximum atomic E-state index is 12.9. The van der Waals surface area contributed by atoms with Crippen molar-refractivity contribution in [1.82, 2.24) is 9.80 Å². The van der Waals surface area contributed by atoms with Gasteiger partial charge in [-0.25, -0.2) is 4.39 Å². The first-order valence-corrected chi connectivity index (χ1v) is 9.06. The average molecular weight is 356 g/mol. The lowest BCUT2D eigenvalue weighted by Gasteiger charge is -2.34. The van der Waals surface area contributed by atoms with Crippen molar-refractivity contribution in [3.05, 3.63) is 65.5 Å². The summed E-state index contributed by atoms with van der Waals surface area (Å²) in [6.07, 6.45) is 1.98. The van der Waals surface area contributed by atoms with Gasteiger partial charge in [0.15, 0.2) is 0 Å². The van der Waals surface area contributed by atoms with Gasteiger partial charge in [0.25, 0.3) is 5.91 Å². The Kier molecular flexibility index (Phi) is 6.23. The Morgan fingerprint density at radius 1 is 1.08 bits per heavy atom. The zero-order valence-corrected chi connectivity index (χ0v) is 15.2. The molecule has 0 radical (unpaired) electrons. The van der Waals surface area contributed by atoms with Crippen molar-refractivity contribution in [1.29, 1.82) is 0 Å². The van der Waals surface area contributed by atoms with E-state index in [2.05, 4.69) is 4.90 Å². The second kappa shape index (κ2) is 8.81. The summed E-state index contributed by atoms with van der Waals surface area (Å²) >= 11 is 0. The summed E-state index contributed by atoms with van der Waals surface area (Å²) in [5.41, 5.74) is 1.84. The van der Waals surface area contributed by atoms with Crippen LogP contribution in [0.5, 0.6) is 5.75 Å². The molecule has 3 rings (SSSR count). The summed E-state index contributed by atoms with van der Waals surface area (Å²) in [4.78, 5) is 16.9. The largest absolute Gasteiger partial charge is 0.497 e. The standard InChI is InChI=1S/C21H25FN2O2/c1-26-20-6-2-5-18(16-20)21(25)24-14-12-23(13-15-24)11-3-4-17-7-9-19(22)10-8-17/h2,5-10,16H,3-4,11-15H2,1H3. The van der Waals surface area contributed by atoms with Crippen LogP contribution in [0.3, 0.4) is 0 Å². The van der Waals surface area contributed by atoms with E-state index in [1.165, 1.54) is 17.7 Å². The number of aryl methyl sites for hydroxylation is 1. The molecule has 1 aliphatic heterocycles. The quantitative estimate of drug-likeness (QED) is 0.797. The van der Waals surface area contributed by atoms with Crippen molar-refractivity contribution >= 4 is 5.91 Å². The van der Waals surface area contributed by atoms with Crippen LogP contribution in [0.2, 0.25) is 0 Å². The summed E-state index contributed by atoms with van der Waals surface area (Å²) < 4.78 is 18.1. The monoisotopic (exact) mass is 356 g/mol. The summed E-state index contributed by atoms with van der Waals surface area (Å²) in [7, 11) is 1.61. The molecule has 0 unspecified atom stereocenters. The third-order valence-electron chi connectivity index (χ3n) is 4.83. The molecule has 1 fully saturated rings. The predicted octanol–water partition coefficient (Wildman–Crippen LogP) is 3.22. The average Bonchev–Trinajstić information content (AvgIpc) is 2.69. The molecule has 0 aromatic heterocycles. The highest BCUT2D eigenvalue weighted by molar-refractivity contribution is 5.94. The van der Waals surface area contributed by atoms with Crippen molar-refractivity contribution in [3.63, 3.8) is 0 Å². The van der Waals surface area contributed by atoms with Crippen molar-refractivity contribution in [2.24, 2.45) is 0 Å². The number of ether oxygens (including phenoxy) is 1. The molecule has 1 amide bonds. The van der Waals surface area contributed by atoms with Gasteiger partial charge in [0.2, 0.25) is 0 Å². The van der Waals surface area contributed by atoms with Gasteiger partial charge in [0.1, 0.15) is 11.6 Å². The topological polar surface area (TPSA) is 32.8 Å². The Morgan fingerprint density at radius 3 is 2.50 bits per heavy atom. The number of nitrogens with zero attached hydrogens (tertiary/aromatic N) is 2. The summed E-state index contributed by atoms with van der Waals surface area (Å²) in [6, 6.07) is 14.0. The number of benzene rings is 2. The normalized spacial score (nSPS) is 15.1. The van der Waals surface area contributed by atoms with Crippen LogP contribution < -0.4 is 4.74 Å².